The summed E-state index contributed by atoms with van der Waals surface area (Å²) in [7, 11) is 0. The van der Waals surface area contributed by atoms with Gasteiger partial charge in [0.2, 0.25) is 0 Å². The van der Waals surface area contributed by atoms with Gasteiger partial charge in [0, 0.05) is 23.9 Å². The quantitative estimate of drug-likeness (QED) is 0.663. The molecule has 1 saturated heterocycles. The van der Waals surface area contributed by atoms with Gasteiger partial charge in [0.25, 0.3) is 5.69 Å². The van der Waals surface area contributed by atoms with Crippen molar-refractivity contribution in [1.29, 1.82) is 0 Å². The highest BCUT2D eigenvalue weighted by molar-refractivity contribution is 8.14. The predicted octanol–water partition coefficient (Wildman–Crippen LogP) is 3.63. The first kappa shape index (κ1) is 17.2. The van der Waals surface area contributed by atoms with Gasteiger partial charge >= 0.3 is 0 Å². The molecule has 0 unspecified atom stereocenters. The normalized spacial score (nSPS) is 24.7. The number of hydrogen-bond acceptors (Lipinski definition) is 5. The van der Waals surface area contributed by atoms with Crippen LogP contribution in [-0.2, 0) is 0 Å². The number of non-ortho nitro benzene ring substituents is 1. The molecule has 1 aromatic rings. The molecule has 0 spiro atoms. The van der Waals surface area contributed by atoms with Crippen molar-refractivity contribution in [3.63, 3.8) is 0 Å². The number of nitro benzene ring substituents is 1. The number of hydrogen-bond donors (Lipinski definition) is 1. The van der Waals surface area contributed by atoms with Crippen molar-refractivity contribution in [3.05, 3.63) is 33.9 Å². The van der Waals surface area contributed by atoms with Crippen LogP contribution < -0.4 is 0 Å². The number of thioether (sulfide) groups is 1. The average molecular weight is 349 g/mol. The Morgan fingerprint density at radius 3 is 2.71 bits per heavy atom. The van der Waals surface area contributed by atoms with E-state index < -0.39 is 6.10 Å². The van der Waals surface area contributed by atoms with E-state index in [2.05, 4.69) is 4.90 Å². The van der Waals surface area contributed by atoms with Crippen LogP contribution in [-0.4, -0.2) is 44.0 Å². The fraction of sp³-hybridized carbons (Fsp3) is 0.588. The molecule has 0 radical (unpaired) electrons. The van der Waals surface area contributed by atoms with Crippen molar-refractivity contribution in [2.45, 2.75) is 57.7 Å². The van der Waals surface area contributed by atoms with Crippen LogP contribution in [0.15, 0.2) is 23.2 Å². The van der Waals surface area contributed by atoms with Crippen LogP contribution in [0.4, 0.5) is 11.4 Å². The second-order valence-electron chi connectivity index (χ2n) is 6.59. The number of aliphatic imine (C=N–C) groups is 1. The minimum Gasteiger partial charge on any atom is -0.391 e. The fourth-order valence-electron chi connectivity index (χ4n) is 3.51. The molecule has 3 rings (SSSR count). The largest absolute Gasteiger partial charge is 0.391 e. The second-order valence-corrected chi connectivity index (χ2v) is 7.57. The Morgan fingerprint density at radius 2 is 2.12 bits per heavy atom. The molecule has 1 N–H and O–H groups in total. The molecule has 0 bridgehead atoms. The molecular formula is C17H23N3O3S. The zero-order valence-electron chi connectivity index (χ0n) is 14.0. The molecule has 0 amide bonds. The van der Waals surface area contributed by atoms with Gasteiger partial charge < -0.3 is 10.0 Å². The van der Waals surface area contributed by atoms with Crippen LogP contribution in [0, 0.1) is 17.0 Å². The van der Waals surface area contributed by atoms with Gasteiger partial charge in [-0.05, 0) is 38.3 Å². The standard InChI is InChI=1S/C17H23N3O3S/c1-11-9-14(20(22)23)7-8-15(11)18-17-19(13-5-3-4-6-13)16(10-24-17)12(2)21/h7-9,12-13,16,21H,3-6,10H2,1-2H3/b18-17-/t12-,16-/m0/s1. The van der Waals surface area contributed by atoms with Gasteiger partial charge in [-0.15, -0.1) is 0 Å². The highest BCUT2D eigenvalue weighted by Crippen LogP contribution is 2.36. The molecular weight excluding hydrogens is 326 g/mol. The molecule has 0 aromatic heterocycles. The number of nitrogens with zero attached hydrogens (tertiary/aromatic N) is 3. The zero-order valence-corrected chi connectivity index (χ0v) is 14.8. The Morgan fingerprint density at radius 1 is 1.42 bits per heavy atom. The van der Waals surface area contributed by atoms with Gasteiger partial charge in [-0.25, -0.2) is 4.99 Å². The van der Waals surface area contributed by atoms with E-state index in [4.69, 9.17) is 4.99 Å². The molecule has 2 aliphatic rings. The van der Waals surface area contributed by atoms with E-state index in [-0.39, 0.29) is 16.7 Å². The van der Waals surface area contributed by atoms with Gasteiger partial charge in [0.15, 0.2) is 5.17 Å². The summed E-state index contributed by atoms with van der Waals surface area (Å²) in [5, 5.41) is 22.0. The van der Waals surface area contributed by atoms with Crippen LogP contribution >= 0.6 is 11.8 Å². The lowest BCUT2D eigenvalue weighted by atomic mass is 10.1. The highest BCUT2D eigenvalue weighted by Gasteiger charge is 2.38. The molecule has 7 heteroatoms. The van der Waals surface area contributed by atoms with E-state index in [1.54, 1.807) is 23.9 Å². The molecule has 6 nitrogen and oxygen atoms in total. The van der Waals surface area contributed by atoms with Gasteiger partial charge in [-0.3, -0.25) is 10.1 Å². The maximum atomic E-state index is 10.9. The Kier molecular flexibility index (Phi) is 5.10. The van der Waals surface area contributed by atoms with Gasteiger partial charge in [-0.2, -0.15) is 0 Å². The number of aryl methyl sites for hydroxylation is 1. The first-order valence-corrected chi connectivity index (χ1v) is 9.39. The maximum Gasteiger partial charge on any atom is 0.269 e. The lowest BCUT2D eigenvalue weighted by molar-refractivity contribution is -0.384. The number of benzene rings is 1. The molecule has 2 fully saturated rings. The third kappa shape index (κ3) is 3.42. The summed E-state index contributed by atoms with van der Waals surface area (Å²) in [6.07, 6.45) is 4.33. The van der Waals surface area contributed by atoms with E-state index >= 15 is 0 Å². The maximum absolute atomic E-state index is 10.9. The fourth-order valence-corrected chi connectivity index (χ4v) is 4.86. The highest BCUT2D eigenvalue weighted by atomic mass is 32.2. The Bertz CT molecular complexity index is 656. The van der Waals surface area contributed by atoms with Gasteiger partial charge in [0.1, 0.15) is 0 Å². The summed E-state index contributed by atoms with van der Waals surface area (Å²) in [6.45, 7) is 3.69. The first-order chi connectivity index (χ1) is 11.5. The minimum absolute atomic E-state index is 0.0880. The third-order valence-corrected chi connectivity index (χ3v) is 5.91. The van der Waals surface area contributed by atoms with Crippen LogP contribution in [0.25, 0.3) is 0 Å². The first-order valence-electron chi connectivity index (χ1n) is 8.40. The molecule has 130 valence electrons. The SMILES string of the molecule is Cc1cc([N+](=O)[O-])ccc1/N=C1\SC[C@@H]([C@H](C)O)N1C1CCCC1. The van der Waals surface area contributed by atoms with E-state index in [0.29, 0.717) is 6.04 Å². The molecule has 1 aromatic carbocycles. The van der Waals surface area contributed by atoms with Crippen LogP contribution in [0.2, 0.25) is 0 Å². The molecule has 1 heterocycles. The monoisotopic (exact) mass is 349 g/mol. The Labute approximate surface area is 146 Å². The predicted molar refractivity (Wildman–Crippen MR) is 97.0 cm³/mol. The van der Waals surface area contributed by atoms with Crippen molar-refractivity contribution in [2.24, 2.45) is 4.99 Å². The summed E-state index contributed by atoms with van der Waals surface area (Å²) in [4.78, 5) is 17.6. The number of amidine groups is 1. The van der Waals surface area contributed by atoms with Gasteiger partial charge in [-0.1, -0.05) is 24.6 Å². The topological polar surface area (TPSA) is 79.0 Å². The minimum atomic E-state index is -0.399. The van der Waals surface area contributed by atoms with Crippen LogP contribution in [0.5, 0.6) is 0 Å². The number of rotatable bonds is 4. The summed E-state index contributed by atoms with van der Waals surface area (Å²) in [5.41, 5.74) is 1.64. The average Bonchev–Trinajstić information content (AvgIpc) is 3.17. The second kappa shape index (κ2) is 7.11. The lowest BCUT2D eigenvalue weighted by Gasteiger charge is -2.33. The smallest absolute Gasteiger partial charge is 0.269 e. The van der Waals surface area contributed by atoms with E-state index in [0.717, 1.165) is 35.0 Å². The summed E-state index contributed by atoms with van der Waals surface area (Å²) < 4.78 is 0. The molecule has 1 saturated carbocycles. The van der Waals surface area contributed by atoms with E-state index in [1.165, 1.54) is 18.9 Å². The number of nitro groups is 1. The van der Waals surface area contributed by atoms with Gasteiger partial charge in [0.05, 0.1) is 22.8 Å². The third-order valence-electron chi connectivity index (χ3n) is 4.84. The molecule has 2 atom stereocenters. The lowest BCUT2D eigenvalue weighted by Crippen LogP contribution is -2.46. The summed E-state index contributed by atoms with van der Waals surface area (Å²) in [5.74, 6) is 0.832. The molecule has 24 heavy (non-hydrogen) atoms. The number of aliphatic hydroxyl groups is 1. The van der Waals surface area contributed by atoms with Crippen molar-refractivity contribution >= 4 is 28.3 Å². The van der Waals surface area contributed by atoms with E-state index in [1.807, 2.05) is 13.8 Å². The summed E-state index contributed by atoms with van der Waals surface area (Å²) >= 11 is 1.67. The van der Waals surface area contributed by atoms with E-state index in [9.17, 15) is 15.2 Å². The summed E-state index contributed by atoms with van der Waals surface area (Å²) in [6, 6.07) is 5.30. The molecule has 1 aliphatic carbocycles. The zero-order chi connectivity index (χ0) is 17.3. The Hall–Kier alpha value is -1.60. The Balaban J connectivity index is 1.91. The van der Waals surface area contributed by atoms with Crippen molar-refractivity contribution in [1.82, 2.24) is 4.90 Å². The number of aliphatic hydroxyl groups excluding tert-OH is 1. The molecule has 1 aliphatic heterocycles. The van der Waals surface area contributed by atoms with Crippen LogP contribution in [0.3, 0.4) is 0 Å². The van der Waals surface area contributed by atoms with Crippen molar-refractivity contribution in [2.75, 3.05) is 5.75 Å². The van der Waals surface area contributed by atoms with Crippen LogP contribution in [0.1, 0.15) is 38.2 Å². The van der Waals surface area contributed by atoms with Crippen molar-refractivity contribution in [3.8, 4) is 0 Å². The van der Waals surface area contributed by atoms with Crippen molar-refractivity contribution < 1.29 is 10.0 Å².